The maximum absolute atomic E-state index is 14.4. The number of nitrogens with one attached hydrogen (secondary N) is 1. The topological polar surface area (TPSA) is 12.0 Å². The van der Waals surface area contributed by atoms with Crippen LogP contribution in [0.25, 0.3) is 0 Å². The molecule has 0 aliphatic heterocycles. The number of alkyl halides is 1. The normalized spacial score (nSPS) is 24.2. The highest BCUT2D eigenvalue weighted by Crippen LogP contribution is 2.43. The Morgan fingerprint density at radius 1 is 1.47 bits per heavy atom. The Balaban J connectivity index is 2.43. The van der Waals surface area contributed by atoms with Crippen LogP contribution in [-0.2, 0) is 18.6 Å². The molecule has 1 atom stereocenters. The van der Waals surface area contributed by atoms with E-state index in [1.54, 1.807) is 0 Å². The molecule has 0 amide bonds. The summed E-state index contributed by atoms with van der Waals surface area (Å²) < 4.78 is 14.4. The number of fused-ring (bicyclic) bond motifs is 1. The van der Waals surface area contributed by atoms with Gasteiger partial charge in [-0.2, -0.15) is 0 Å². The second-order valence-electron chi connectivity index (χ2n) is 4.29. The Bertz CT molecular complexity index is 362. The Hall–Kier alpha value is -0.890. The Morgan fingerprint density at radius 2 is 2.27 bits per heavy atom. The first kappa shape index (κ1) is 10.6. The SMILES string of the molecule is CCC1(F)CCc2c(CNC)cccc21. The van der Waals surface area contributed by atoms with E-state index in [2.05, 4.69) is 11.4 Å². The quantitative estimate of drug-likeness (QED) is 0.803. The molecule has 82 valence electrons. The summed E-state index contributed by atoms with van der Waals surface area (Å²) in [7, 11) is 1.93. The molecule has 1 aromatic rings. The number of halogens is 1. The molecular formula is C13H18FN. The van der Waals surface area contributed by atoms with Gasteiger partial charge in [0.2, 0.25) is 0 Å². The van der Waals surface area contributed by atoms with Gasteiger partial charge in [0.1, 0.15) is 5.67 Å². The summed E-state index contributed by atoms with van der Waals surface area (Å²) in [5, 5.41) is 3.14. The molecule has 1 nitrogen and oxygen atoms in total. The third kappa shape index (κ3) is 1.67. The van der Waals surface area contributed by atoms with Gasteiger partial charge >= 0.3 is 0 Å². The van der Waals surface area contributed by atoms with Gasteiger partial charge in [-0.05, 0) is 43.0 Å². The average molecular weight is 207 g/mol. The Morgan fingerprint density at radius 3 is 2.93 bits per heavy atom. The van der Waals surface area contributed by atoms with E-state index in [0.717, 1.165) is 18.5 Å². The van der Waals surface area contributed by atoms with Crippen LogP contribution < -0.4 is 5.32 Å². The van der Waals surface area contributed by atoms with Crippen LogP contribution in [0.3, 0.4) is 0 Å². The fourth-order valence-corrected chi connectivity index (χ4v) is 2.53. The Labute approximate surface area is 90.7 Å². The average Bonchev–Trinajstić information content (AvgIpc) is 2.60. The van der Waals surface area contributed by atoms with E-state index in [0.29, 0.717) is 12.8 Å². The monoisotopic (exact) mass is 207 g/mol. The first-order valence-corrected chi connectivity index (χ1v) is 5.66. The summed E-state index contributed by atoms with van der Waals surface area (Å²) in [6, 6.07) is 6.02. The molecule has 0 radical (unpaired) electrons. The fourth-order valence-electron chi connectivity index (χ4n) is 2.53. The predicted molar refractivity (Wildman–Crippen MR) is 60.6 cm³/mol. The van der Waals surface area contributed by atoms with E-state index in [4.69, 9.17) is 0 Å². The van der Waals surface area contributed by atoms with Gasteiger partial charge in [0.25, 0.3) is 0 Å². The van der Waals surface area contributed by atoms with Crippen molar-refractivity contribution in [1.29, 1.82) is 0 Å². The lowest BCUT2D eigenvalue weighted by atomic mass is 9.94. The molecule has 1 aliphatic carbocycles. The number of hydrogen-bond donors (Lipinski definition) is 1. The van der Waals surface area contributed by atoms with Crippen molar-refractivity contribution in [2.45, 2.75) is 38.4 Å². The molecule has 1 aromatic carbocycles. The highest BCUT2D eigenvalue weighted by Gasteiger charge is 2.37. The molecule has 0 fully saturated rings. The molecule has 1 aliphatic rings. The third-order valence-electron chi connectivity index (χ3n) is 3.45. The van der Waals surface area contributed by atoms with Gasteiger partial charge in [-0.3, -0.25) is 0 Å². The number of rotatable bonds is 3. The van der Waals surface area contributed by atoms with Crippen molar-refractivity contribution in [3.05, 3.63) is 34.9 Å². The lowest BCUT2D eigenvalue weighted by molar-refractivity contribution is 0.160. The lowest BCUT2D eigenvalue weighted by Crippen LogP contribution is -2.14. The van der Waals surface area contributed by atoms with Crippen LogP contribution in [0.1, 0.15) is 36.5 Å². The molecule has 0 aromatic heterocycles. The van der Waals surface area contributed by atoms with Crippen molar-refractivity contribution in [2.75, 3.05) is 7.05 Å². The van der Waals surface area contributed by atoms with Gasteiger partial charge in [0, 0.05) is 6.54 Å². The molecule has 0 saturated carbocycles. The maximum atomic E-state index is 14.4. The van der Waals surface area contributed by atoms with Crippen LogP contribution in [-0.4, -0.2) is 7.05 Å². The van der Waals surface area contributed by atoms with Crippen molar-refractivity contribution in [3.63, 3.8) is 0 Å². The van der Waals surface area contributed by atoms with Gasteiger partial charge in [-0.25, -0.2) is 4.39 Å². The van der Waals surface area contributed by atoms with Gasteiger partial charge in [-0.15, -0.1) is 0 Å². The zero-order valence-corrected chi connectivity index (χ0v) is 9.44. The molecule has 15 heavy (non-hydrogen) atoms. The zero-order chi connectivity index (χ0) is 10.9. The van der Waals surface area contributed by atoms with Crippen molar-refractivity contribution in [1.82, 2.24) is 5.32 Å². The van der Waals surface area contributed by atoms with E-state index >= 15 is 0 Å². The molecular weight excluding hydrogens is 189 g/mol. The van der Waals surface area contributed by atoms with Crippen LogP contribution in [0.15, 0.2) is 18.2 Å². The first-order valence-electron chi connectivity index (χ1n) is 5.66. The first-order chi connectivity index (χ1) is 7.21. The summed E-state index contributed by atoms with van der Waals surface area (Å²) in [5.41, 5.74) is 2.34. The lowest BCUT2D eigenvalue weighted by Gasteiger charge is -2.19. The largest absolute Gasteiger partial charge is 0.316 e. The molecule has 1 unspecified atom stereocenters. The fraction of sp³-hybridized carbons (Fsp3) is 0.538. The smallest absolute Gasteiger partial charge is 0.136 e. The third-order valence-corrected chi connectivity index (χ3v) is 3.45. The summed E-state index contributed by atoms with van der Waals surface area (Å²) in [4.78, 5) is 0. The summed E-state index contributed by atoms with van der Waals surface area (Å²) >= 11 is 0. The van der Waals surface area contributed by atoms with E-state index < -0.39 is 5.67 Å². The Kier molecular flexibility index (Phi) is 2.79. The maximum Gasteiger partial charge on any atom is 0.136 e. The van der Waals surface area contributed by atoms with Crippen LogP contribution in [0.5, 0.6) is 0 Å². The zero-order valence-electron chi connectivity index (χ0n) is 9.44. The number of hydrogen-bond acceptors (Lipinski definition) is 1. The van der Waals surface area contributed by atoms with Gasteiger partial charge in [-0.1, -0.05) is 25.1 Å². The van der Waals surface area contributed by atoms with E-state index in [9.17, 15) is 4.39 Å². The molecule has 0 heterocycles. The van der Waals surface area contributed by atoms with Gasteiger partial charge < -0.3 is 5.32 Å². The summed E-state index contributed by atoms with van der Waals surface area (Å²) in [5.74, 6) is 0. The van der Waals surface area contributed by atoms with Crippen molar-refractivity contribution < 1.29 is 4.39 Å². The van der Waals surface area contributed by atoms with E-state index in [1.165, 1.54) is 11.1 Å². The van der Waals surface area contributed by atoms with Crippen LogP contribution in [0, 0.1) is 0 Å². The van der Waals surface area contributed by atoms with Crippen molar-refractivity contribution in [2.24, 2.45) is 0 Å². The minimum Gasteiger partial charge on any atom is -0.316 e. The standard InChI is InChI=1S/C13H18FN/c1-3-13(14)8-7-11-10(9-15-2)5-4-6-12(11)13/h4-6,15H,3,7-9H2,1-2H3. The minimum absolute atomic E-state index is 0.586. The van der Waals surface area contributed by atoms with Crippen molar-refractivity contribution >= 4 is 0 Å². The van der Waals surface area contributed by atoms with E-state index in [-0.39, 0.29) is 0 Å². The van der Waals surface area contributed by atoms with Crippen LogP contribution >= 0.6 is 0 Å². The van der Waals surface area contributed by atoms with Gasteiger partial charge in [0.05, 0.1) is 0 Å². The van der Waals surface area contributed by atoms with Gasteiger partial charge in [0.15, 0.2) is 0 Å². The van der Waals surface area contributed by atoms with Crippen LogP contribution in [0.4, 0.5) is 4.39 Å². The molecule has 0 spiro atoms. The highest BCUT2D eigenvalue weighted by atomic mass is 19.1. The van der Waals surface area contributed by atoms with E-state index in [1.807, 2.05) is 26.1 Å². The molecule has 0 saturated heterocycles. The second kappa shape index (κ2) is 3.93. The second-order valence-corrected chi connectivity index (χ2v) is 4.29. The predicted octanol–water partition coefficient (Wildman–Crippen LogP) is 2.93. The molecule has 0 bridgehead atoms. The van der Waals surface area contributed by atoms with Crippen molar-refractivity contribution in [3.8, 4) is 0 Å². The highest BCUT2D eigenvalue weighted by molar-refractivity contribution is 5.42. The molecule has 1 N–H and O–H groups in total. The summed E-state index contributed by atoms with van der Waals surface area (Å²) in [6.45, 7) is 2.77. The van der Waals surface area contributed by atoms with Crippen LogP contribution in [0.2, 0.25) is 0 Å². The minimum atomic E-state index is -1.07. The molecule has 2 heteroatoms. The number of benzene rings is 1. The molecule has 2 rings (SSSR count). The summed E-state index contributed by atoms with van der Waals surface area (Å²) in [6.07, 6.45) is 2.13.